The monoisotopic (exact) mass is 353 g/mol. The molecule has 134 valence electrons. The standard InChI is InChI=1S/C19H19N3O4/c1-25-17-5-3-2-4-15(17)21-18(24)16-11-26-19(22-16)14(20)10-12-6-8-13(23)9-7-12/h2-9,11,14,23H,10,20H2,1H3,(H,21,24). The molecule has 1 amide bonds. The molecule has 1 unspecified atom stereocenters. The van der Waals surface area contributed by atoms with Crippen LogP contribution in [0.3, 0.4) is 0 Å². The second kappa shape index (κ2) is 7.71. The molecule has 7 heteroatoms. The molecule has 3 rings (SSSR count). The van der Waals surface area contributed by atoms with Crippen molar-refractivity contribution in [2.24, 2.45) is 5.73 Å². The Hall–Kier alpha value is -3.32. The van der Waals surface area contributed by atoms with Crippen molar-refractivity contribution in [3.63, 3.8) is 0 Å². The predicted molar refractivity (Wildman–Crippen MR) is 96.2 cm³/mol. The van der Waals surface area contributed by atoms with Crippen LogP contribution < -0.4 is 15.8 Å². The maximum atomic E-state index is 12.4. The van der Waals surface area contributed by atoms with Crippen molar-refractivity contribution >= 4 is 11.6 Å². The molecule has 2 aromatic carbocycles. The van der Waals surface area contributed by atoms with Crippen LogP contribution in [0.1, 0.15) is 28.0 Å². The number of rotatable bonds is 6. The molecular formula is C19H19N3O4. The largest absolute Gasteiger partial charge is 0.508 e. The Morgan fingerprint density at radius 3 is 2.73 bits per heavy atom. The van der Waals surface area contributed by atoms with Crippen molar-refractivity contribution in [2.45, 2.75) is 12.5 Å². The maximum Gasteiger partial charge on any atom is 0.277 e. The maximum absolute atomic E-state index is 12.4. The number of ether oxygens (including phenoxy) is 1. The lowest BCUT2D eigenvalue weighted by atomic mass is 10.1. The van der Waals surface area contributed by atoms with E-state index in [1.807, 2.05) is 6.07 Å². The SMILES string of the molecule is COc1ccccc1NC(=O)c1coc(C(N)Cc2ccc(O)cc2)n1. The van der Waals surface area contributed by atoms with Crippen LogP contribution in [0.2, 0.25) is 0 Å². The number of carbonyl (C=O) groups excluding carboxylic acids is 1. The average Bonchev–Trinajstić information content (AvgIpc) is 3.14. The Morgan fingerprint density at radius 1 is 1.27 bits per heavy atom. The van der Waals surface area contributed by atoms with Gasteiger partial charge in [-0.15, -0.1) is 0 Å². The third-order valence-electron chi connectivity index (χ3n) is 3.82. The van der Waals surface area contributed by atoms with Gasteiger partial charge in [0, 0.05) is 0 Å². The number of phenols is 1. The van der Waals surface area contributed by atoms with Crippen LogP contribution in [0.4, 0.5) is 5.69 Å². The molecule has 0 saturated carbocycles. The third kappa shape index (κ3) is 4.01. The van der Waals surface area contributed by atoms with Gasteiger partial charge in [-0.05, 0) is 36.2 Å². The number of nitrogens with one attached hydrogen (secondary N) is 1. The summed E-state index contributed by atoms with van der Waals surface area (Å²) >= 11 is 0. The Balaban J connectivity index is 1.68. The van der Waals surface area contributed by atoms with Crippen LogP contribution in [-0.4, -0.2) is 23.1 Å². The van der Waals surface area contributed by atoms with Crippen LogP contribution in [0.25, 0.3) is 0 Å². The van der Waals surface area contributed by atoms with Gasteiger partial charge >= 0.3 is 0 Å². The van der Waals surface area contributed by atoms with Gasteiger partial charge in [-0.25, -0.2) is 4.98 Å². The molecule has 4 N–H and O–H groups in total. The minimum Gasteiger partial charge on any atom is -0.508 e. The van der Waals surface area contributed by atoms with Crippen LogP contribution in [0.15, 0.2) is 59.2 Å². The van der Waals surface area contributed by atoms with Crippen molar-refractivity contribution in [1.29, 1.82) is 0 Å². The van der Waals surface area contributed by atoms with E-state index in [1.165, 1.54) is 13.4 Å². The molecule has 0 saturated heterocycles. The fraction of sp³-hybridized carbons (Fsp3) is 0.158. The summed E-state index contributed by atoms with van der Waals surface area (Å²) in [6.45, 7) is 0. The second-order valence-electron chi connectivity index (χ2n) is 5.70. The number of oxazole rings is 1. The Kier molecular flexibility index (Phi) is 5.19. The second-order valence-corrected chi connectivity index (χ2v) is 5.70. The summed E-state index contributed by atoms with van der Waals surface area (Å²) in [6, 6.07) is 13.3. The molecule has 0 fully saturated rings. The lowest BCUT2D eigenvalue weighted by Gasteiger charge is -2.08. The van der Waals surface area contributed by atoms with Crippen LogP contribution in [0.5, 0.6) is 11.5 Å². The number of nitrogens with two attached hydrogens (primary N) is 1. The molecule has 1 atom stereocenters. The number of aromatic nitrogens is 1. The first-order valence-corrected chi connectivity index (χ1v) is 8.00. The molecule has 3 aromatic rings. The van der Waals surface area contributed by atoms with Gasteiger partial charge in [-0.1, -0.05) is 24.3 Å². The third-order valence-corrected chi connectivity index (χ3v) is 3.82. The van der Waals surface area contributed by atoms with Gasteiger partial charge in [0.15, 0.2) is 5.69 Å². The summed E-state index contributed by atoms with van der Waals surface area (Å²) in [6.07, 6.45) is 1.74. The van der Waals surface area contributed by atoms with Gasteiger partial charge in [-0.3, -0.25) is 4.79 Å². The number of methoxy groups -OCH3 is 1. The molecule has 26 heavy (non-hydrogen) atoms. The van der Waals surface area contributed by atoms with E-state index in [1.54, 1.807) is 42.5 Å². The van der Waals surface area contributed by atoms with Crippen molar-refractivity contribution in [2.75, 3.05) is 12.4 Å². The number of phenolic OH excluding ortho intramolecular Hbond substituents is 1. The van der Waals surface area contributed by atoms with E-state index in [4.69, 9.17) is 14.9 Å². The zero-order valence-corrected chi connectivity index (χ0v) is 14.2. The normalized spacial score (nSPS) is 11.8. The first kappa shape index (κ1) is 17.5. The zero-order valence-electron chi connectivity index (χ0n) is 14.2. The van der Waals surface area contributed by atoms with Crippen LogP contribution >= 0.6 is 0 Å². The number of amides is 1. The minimum absolute atomic E-state index is 0.132. The van der Waals surface area contributed by atoms with E-state index in [0.717, 1.165) is 5.56 Å². The number of benzene rings is 2. The van der Waals surface area contributed by atoms with Crippen molar-refractivity contribution < 1.29 is 19.1 Å². The molecule has 1 heterocycles. The van der Waals surface area contributed by atoms with Crippen molar-refractivity contribution in [1.82, 2.24) is 4.98 Å². The van der Waals surface area contributed by atoms with Crippen LogP contribution in [0, 0.1) is 0 Å². The average molecular weight is 353 g/mol. The highest BCUT2D eigenvalue weighted by molar-refractivity contribution is 6.03. The molecule has 0 bridgehead atoms. The summed E-state index contributed by atoms with van der Waals surface area (Å²) in [5, 5.41) is 12.0. The molecule has 0 aliphatic rings. The summed E-state index contributed by atoms with van der Waals surface area (Å²) in [7, 11) is 1.53. The van der Waals surface area contributed by atoms with Gasteiger partial charge in [0.2, 0.25) is 5.89 Å². The molecule has 0 spiro atoms. The van der Waals surface area contributed by atoms with E-state index in [-0.39, 0.29) is 17.3 Å². The van der Waals surface area contributed by atoms with Crippen molar-refractivity contribution in [3.05, 3.63) is 71.9 Å². The van der Waals surface area contributed by atoms with E-state index < -0.39 is 11.9 Å². The predicted octanol–water partition coefficient (Wildman–Crippen LogP) is 2.88. The fourth-order valence-corrected chi connectivity index (χ4v) is 2.47. The molecule has 0 radical (unpaired) electrons. The topological polar surface area (TPSA) is 111 Å². The quantitative estimate of drug-likeness (QED) is 0.628. The molecule has 0 aliphatic carbocycles. The van der Waals surface area contributed by atoms with Gasteiger partial charge in [-0.2, -0.15) is 0 Å². The number of anilines is 1. The summed E-state index contributed by atoms with van der Waals surface area (Å²) in [4.78, 5) is 16.5. The van der Waals surface area contributed by atoms with Gasteiger partial charge < -0.3 is 25.3 Å². The number of nitrogens with zero attached hydrogens (tertiary/aromatic N) is 1. The molecule has 0 aliphatic heterocycles. The van der Waals surface area contributed by atoms with E-state index in [2.05, 4.69) is 10.3 Å². The molecular weight excluding hydrogens is 334 g/mol. The fourth-order valence-electron chi connectivity index (χ4n) is 2.47. The van der Waals surface area contributed by atoms with Gasteiger partial charge in [0.1, 0.15) is 17.8 Å². The summed E-state index contributed by atoms with van der Waals surface area (Å²) in [5.74, 6) is 0.590. The van der Waals surface area contributed by atoms with Gasteiger partial charge in [0.05, 0.1) is 18.8 Å². The van der Waals surface area contributed by atoms with Crippen molar-refractivity contribution in [3.8, 4) is 11.5 Å². The number of hydrogen-bond donors (Lipinski definition) is 3. The Morgan fingerprint density at radius 2 is 2.00 bits per heavy atom. The molecule has 7 nitrogen and oxygen atoms in total. The lowest BCUT2D eigenvalue weighted by molar-refractivity contribution is 0.102. The lowest BCUT2D eigenvalue weighted by Crippen LogP contribution is -2.16. The molecule has 1 aromatic heterocycles. The highest BCUT2D eigenvalue weighted by atomic mass is 16.5. The highest BCUT2D eigenvalue weighted by Crippen LogP contribution is 2.24. The van der Waals surface area contributed by atoms with E-state index >= 15 is 0 Å². The van der Waals surface area contributed by atoms with Gasteiger partial charge in [0.25, 0.3) is 5.91 Å². The van der Waals surface area contributed by atoms with E-state index in [9.17, 15) is 9.90 Å². The smallest absolute Gasteiger partial charge is 0.277 e. The minimum atomic E-state index is -0.507. The van der Waals surface area contributed by atoms with E-state index in [0.29, 0.717) is 17.9 Å². The first-order chi connectivity index (χ1) is 12.6. The number of aromatic hydroxyl groups is 1. The Bertz CT molecular complexity index is 890. The Labute approximate surface area is 150 Å². The number of carbonyl (C=O) groups is 1. The summed E-state index contributed by atoms with van der Waals surface area (Å²) in [5.41, 5.74) is 7.70. The number of para-hydroxylation sites is 2. The summed E-state index contributed by atoms with van der Waals surface area (Å²) < 4.78 is 10.6. The first-order valence-electron chi connectivity index (χ1n) is 8.00. The zero-order chi connectivity index (χ0) is 18.5. The highest BCUT2D eigenvalue weighted by Gasteiger charge is 2.18. The number of hydrogen-bond acceptors (Lipinski definition) is 6. The van der Waals surface area contributed by atoms with Crippen LogP contribution in [-0.2, 0) is 6.42 Å².